The van der Waals surface area contributed by atoms with E-state index in [2.05, 4.69) is 11.0 Å². The second kappa shape index (κ2) is 6.06. The summed E-state index contributed by atoms with van der Waals surface area (Å²) in [5, 5.41) is -0.415. The zero-order chi connectivity index (χ0) is 14.8. The Morgan fingerprint density at radius 3 is 2.38 bits per heavy atom. The average Bonchev–Trinajstić information content (AvgIpc) is 2.90. The molecular weight excluding hydrogens is 288 g/mol. The van der Waals surface area contributed by atoms with Gasteiger partial charge in [-0.1, -0.05) is 12.1 Å². The maximum Gasteiger partial charge on any atom is 0.227 e. The Kier molecular flexibility index (Phi) is 4.15. The molecule has 0 aromatic heterocycles. The lowest BCUT2D eigenvalue weighted by molar-refractivity contribution is -0.120. The smallest absolute Gasteiger partial charge is 0.227 e. The molecule has 2 fully saturated rings. The number of amides is 1. The zero-order valence-electron chi connectivity index (χ0n) is 11.9. The van der Waals surface area contributed by atoms with E-state index in [1.807, 2.05) is 18.2 Å². The highest BCUT2D eigenvalue weighted by molar-refractivity contribution is 6.64. The molecular formula is C16H19ClN2O2. The number of hydrogen-bond donors (Lipinski definition) is 0. The monoisotopic (exact) mass is 306 g/mol. The van der Waals surface area contributed by atoms with Gasteiger partial charge in [-0.05, 0) is 43.0 Å². The molecule has 0 bridgehead atoms. The highest BCUT2D eigenvalue weighted by atomic mass is 35.5. The van der Waals surface area contributed by atoms with Gasteiger partial charge in [-0.15, -0.1) is 0 Å². The third-order valence-electron chi connectivity index (χ3n) is 4.32. The summed E-state index contributed by atoms with van der Waals surface area (Å²) in [7, 11) is 0. The molecule has 1 aromatic carbocycles. The van der Waals surface area contributed by atoms with Gasteiger partial charge in [0.15, 0.2) is 0 Å². The summed E-state index contributed by atoms with van der Waals surface area (Å²) >= 11 is 5.56. The molecule has 1 atom stereocenters. The second-order valence-electron chi connectivity index (χ2n) is 5.75. The molecule has 2 saturated heterocycles. The number of para-hydroxylation sites is 2. The molecule has 2 aliphatic rings. The fraction of sp³-hybridized carbons (Fsp3) is 0.500. The zero-order valence-corrected chi connectivity index (χ0v) is 12.7. The fourth-order valence-electron chi connectivity index (χ4n) is 3.19. The van der Waals surface area contributed by atoms with E-state index in [1.165, 1.54) is 19.3 Å². The lowest BCUT2D eigenvalue weighted by Gasteiger charge is -2.32. The molecule has 0 aliphatic carbocycles. The van der Waals surface area contributed by atoms with Gasteiger partial charge < -0.3 is 9.80 Å². The quantitative estimate of drug-likeness (QED) is 0.806. The number of piperidine rings is 1. The number of benzene rings is 1. The van der Waals surface area contributed by atoms with Crippen LogP contribution in [0.4, 0.5) is 11.4 Å². The van der Waals surface area contributed by atoms with Crippen LogP contribution in [0.15, 0.2) is 24.3 Å². The van der Waals surface area contributed by atoms with Gasteiger partial charge in [-0.3, -0.25) is 9.59 Å². The Morgan fingerprint density at radius 1 is 1.10 bits per heavy atom. The van der Waals surface area contributed by atoms with E-state index in [0.717, 1.165) is 24.5 Å². The first kappa shape index (κ1) is 14.4. The Hall–Kier alpha value is -1.55. The summed E-state index contributed by atoms with van der Waals surface area (Å²) in [4.78, 5) is 27.6. The number of anilines is 2. The first-order chi connectivity index (χ1) is 10.2. The molecule has 3 rings (SSSR count). The largest absolute Gasteiger partial charge is 0.370 e. The minimum Gasteiger partial charge on any atom is -0.370 e. The molecule has 0 spiro atoms. The van der Waals surface area contributed by atoms with Gasteiger partial charge in [0.2, 0.25) is 11.1 Å². The van der Waals surface area contributed by atoms with Crippen LogP contribution in [0.2, 0.25) is 0 Å². The van der Waals surface area contributed by atoms with Gasteiger partial charge in [0.05, 0.1) is 17.3 Å². The molecule has 2 heterocycles. The van der Waals surface area contributed by atoms with Crippen LogP contribution in [-0.4, -0.2) is 30.8 Å². The van der Waals surface area contributed by atoms with Crippen molar-refractivity contribution >= 4 is 34.1 Å². The van der Waals surface area contributed by atoms with Crippen molar-refractivity contribution in [2.45, 2.75) is 25.7 Å². The number of carbonyl (C=O) groups is 2. The third-order valence-corrected chi connectivity index (χ3v) is 4.62. The molecule has 5 heteroatoms. The van der Waals surface area contributed by atoms with Crippen LogP contribution in [0.1, 0.15) is 25.7 Å². The Balaban J connectivity index is 1.88. The summed E-state index contributed by atoms with van der Waals surface area (Å²) in [5.74, 6) is -0.396. The molecule has 0 saturated carbocycles. The molecule has 0 N–H and O–H groups in total. The van der Waals surface area contributed by atoms with Gasteiger partial charge in [0.25, 0.3) is 0 Å². The van der Waals surface area contributed by atoms with Crippen LogP contribution in [0.25, 0.3) is 0 Å². The molecule has 21 heavy (non-hydrogen) atoms. The normalized spacial score (nSPS) is 22.7. The predicted molar refractivity (Wildman–Crippen MR) is 83.8 cm³/mol. The van der Waals surface area contributed by atoms with Crippen molar-refractivity contribution in [1.82, 2.24) is 0 Å². The van der Waals surface area contributed by atoms with E-state index in [9.17, 15) is 9.59 Å². The lowest BCUT2D eigenvalue weighted by atomic mass is 10.1. The van der Waals surface area contributed by atoms with Crippen LogP contribution < -0.4 is 9.80 Å². The topological polar surface area (TPSA) is 40.6 Å². The minimum atomic E-state index is -0.415. The van der Waals surface area contributed by atoms with Crippen molar-refractivity contribution in [3.05, 3.63) is 24.3 Å². The molecule has 1 aromatic rings. The minimum absolute atomic E-state index is 0.0153. The van der Waals surface area contributed by atoms with Crippen molar-refractivity contribution < 1.29 is 9.59 Å². The number of carbonyl (C=O) groups excluding carboxylic acids is 2. The highest BCUT2D eigenvalue weighted by Gasteiger charge is 2.35. The summed E-state index contributed by atoms with van der Waals surface area (Å²) in [6.07, 6.45) is 3.86. The first-order valence-electron chi connectivity index (χ1n) is 7.50. The van der Waals surface area contributed by atoms with E-state index in [-0.39, 0.29) is 18.2 Å². The summed E-state index contributed by atoms with van der Waals surface area (Å²) < 4.78 is 0. The van der Waals surface area contributed by atoms with Crippen molar-refractivity contribution in [2.24, 2.45) is 5.92 Å². The van der Waals surface area contributed by atoms with Crippen LogP contribution in [0, 0.1) is 5.92 Å². The van der Waals surface area contributed by atoms with E-state index in [4.69, 9.17) is 11.6 Å². The van der Waals surface area contributed by atoms with E-state index in [0.29, 0.717) is 6.54 Å². The van der Waals surface area contributed by atoms with E-state index >= 15 is 0 Å². The van der Waals surface area contributed by atoms with E-state index in [1.54, 1.807) is 4.90 Å². The number of hydrogen-bond acceptors (Lipinski definition) is 3. The van der Waals surface area contributed by atoms with Gasteiger partial charge in [-0.25, -0.2) is 0 Å². The molecule has 112 valence electrons. The van der Waals surface area contributed by atoms with Crippen LogP contribution >= 0.6 is 11.6 Å². The fourth-order valence-corrected chi connectivity index (χ4v) is 3.33. The second-order valence-corrected chi connectivity index (χ2v) is 6.12. The number of halogens is 1. The Bertz CT molecular complexity index is 555. The summed E-state index contributed by atoms with van der Waals surface area (Å²) in [5.41, 5.74) is 2.00. The third kappa shape index (κ3) is 2.91. The Morgan fingerprint density at radius 2 is 1.76 bits per heavy atom. The molecule has 1 amide bonds. The molecule has 4 nitrogen and oxygen atoms in total. The van der Waals surface area contributed by atoms with Crippen LogP contribution in [0.3, 0.4) is 0 Å². The van der Waals surface area contributed by atoms with Gasteiger partial charge >= 0.3 is 0 Å². The van der Waals surface area contributed by atoms with Crippen LogP contribution in [0.5, 0.6) is 0 Å². The SMILES string of the molecule is O=C(Cl)[C@H]1CC(=O)N(c2ccccc2N2CCCCC2)C1. The average molecular weight is 307 g/mol. The van der Waals surface area contributed by atoms with E-state index < -0.39 is 5.24 Å². The maximum atomic E-state index is 12.2. The van der Waals surface area contributed by atoms with Gasteiger partial charge in [0, 0.05) is 26.1 Å². The standard InChI is InChI=1S/C16H19ClN2O2/c17-16(21)12-10-15(20)19(11-12)14-7-3-2-6-13(14)18-8-4-1-5-9-18/h2-3,6-7,12H,1,4-5,8-11H2/t12-/m0/s1. The highest BCUT2D eigenvalue weighted by Crippen LogP contribution is 2.35. The van der Waals surface area contributed by atoms with Crippen molar-refractivity contribution in [3.8, 4) is 0 Å². The van der Waals surface area contributed by atoms with Crippen LogP contribution in [-0.2, 0) is 9.59 Å². The van der Waals surface area contributed by atoms with Crippen molar-refractivity contribution in [2.75, 3.05) is 29.4 Å². The molecule has 0 radical (unpaired) electrons. The van der Waals surface area contributed by atoms with Crippen molar-refractivity contribution in [3.63, 3.8) is 0 Å². The van der Waals surface area contributed by atoms with Crippen molar-refractivity contribution in [1.29, 1.82) is 0 Å². The predicted octanol–water partition coefficient (Wildman–Crippen LogP) is 2.80. The lowest BCUT2D eigenvalue weighted by Crippen LogP contribution is -2.33. The maximum absolute atomic E-state index is 12.2. The van der Waals surface area contributed by atoms with Gasteiger partial charge in [-0.2, -0.15) is 0 Å². The number of rotatable bonds is 3. The summed E-state index contributed by atoms with van der Waals surface area (Å²) in [6, 6.07) is 7.96. The molecule has 2 aliphatic heterocycles. The number of nitrogens with zero attached hydrogens (tertiary/aromatic N) is 2. The molecule has 0 unspecified atom stereocenters. The summed E-state index contributed by atoms with van der Waals surface area (Å²) in [6.45, 7) is 2.44. The van der Waals surface area contributed by atoms with Gasteiger partial charge in [0.1, 0.15) is 0 Å². The Labute approximate surface area is 129 Å². The first-order valence-corrected chi connectivity index (χ1v) is 7.88.